The van der Waals surface area contributed by atoms with E-state index in [0.29, 0.717) is 13.2 Å². The minimum absolute atomic E-state index is 0.0275. The van der Waals surface area contributed by atoms with E-state index in [2.05, 4.69) is 9.97 Å². The molecule has 0 spiro atoms. The lowest BCUT2D eigenvalue weighted by Gasteiger charge is -2.10. The first-order valence-electron chi connectivity index (χ1n) is 4.18. The Morgan fingerprint density at radius 3 is 3.21 bits per heavy atom. The molecule has 1 aliphatic heterocycles. The molecule has 0 radical (unpaired) electrons. The first-order valence-corrected chi connectivity index (χ1v) is 4.56. The lowest BCUT2D eigenvalue weighted by Crippen LogP contribution is -2.17. The third kappa shape index (κ3) is 2.10. The van der Waals surface area contributed by atoms with E-state index < -0.39 is 5.82 Å². The standard InChI is InChI=1S/C8H8ClFN2O2/c9-8-11-3-6(10)7(12-8)14-5-1-2-13-4-5/h3,5H,1-2,4H2. The van der Waals surface area contributed by atoms with Gasteiger partial charge in [0.1, 0.15) is 6.10 Å². The van der Waals surface area contributed by atoms with E-state index in [4.69, 9.17) is 21.1 Å². The van der Waals surface area contributed by atoms with Crippen LogP contribution in [0.25, 0.3) is 0 Å². The van der Waals surface area contributed by atoms with Crippen molar-refractivity contribution in [2.45, 2.75) is 12.5 Å². The van der Waals surface area contributed by atoms with Gasteiger partial charge in [0.05, 0.1) is 19.4 Å². The minimum Gasteiger partial charge on any atom is -0.470 e. The van der Waals surface area contributed by atoms with E-state index in [9.17, 15) is 4.39 Å². The average molecular weight is 219 g/mol. The maximum atomic E-state index is 13.1. The van der Waals surface area contributed by atoms with Gasteiger partial charge in [0, 0.05) is 6.42 Å². The number of hydrogen-bond donors (Lipinski definition) is 0. The van der Waals surface area contributed by atoms with Crippen molar-refractivity contribution in [2.24, 2.45) is 0 Å². The van der Waals surface area contributed by atoms with Crippen molar-refractivity contribution >= 4 is 11.6 Å². The van der Waals surface area contributed by atoms with Gasteiger partial charge in [0.25, 0.3) is 5.88 Å². The normalized spacial score (nSPS) is 21.1. The lowest BCUT2D eigenvalue weighted by atomic mass is 10.3. The van der Waals surface area contributed by atoms with Crippen molar-refractivity contribution < 1.29 is 13.9 Å². The van der Waals surface area contributed by atoms with Gasteiger partial charge in [-0.05, 0) is 11.6 Å². The molecule has 0 bridgehead atoms. The molecule has 4 nitrogen and oxygen atoms in total. The van der Waals surface area contributed by atoms with Gasteiger partial charge in [-0.25, -0.2) is 4.98 Å². The Hall–Kier alpha value is -0.940. The zero-order valence-corrected chi connectivity index (χ0v) is 8.00. The van der Waals surface area contributed by atoms with Crippen LogP contribution in [0.3, 0.4) is 0 Å². The van der Waals surface area contributed by atoms with Crippen molar-refractivity contribution in [2.75, 3.05) is 13.2 Å². The highest BCUT2D eigenvalue weighted by atomic mass is 35.5. The van der Waals surface area contributed by atoms with Crippen LogP contribution in [0.4, 0.5) is 4.39 Å². The van der Waals surface area contributed by atoms with Gasteiger partial charge in [-0.3, -0.25) is 0 Å². The summed E-state index contributed by atoms with van der Waals surface area (Å²) in [7, 11) is 0. The molecule has 0 saturated carbocycles. The quantitative estimate of drug-likeness (QED) is 0.705. The van der Waals surface area contributed by atoms with Crippen molar-refractivity contribution in [3.63, 3.8) is 0 Å². The Morgan fingerprint density at radius 2 is 2.50 bits per heavy atom. The fraction of sp³-hybridized carbons (Fsp3) is 0.500. The van der Waals surface area contributed by atoms with E-state index in [0.717, 1.165) is 12.6 Å². The van der Waals surface area contributed by atoms with Crippen LogP contribution < -0.4 is 4.74 Å². The fourth-order valence-electron chi connectivity index (χ4n) is 1.18. The van der Waals surface area contributed by atoms with Crippen molar-refractivity contribution in [1.82, 2.24) is 9.97 Å². The van der Waals surface area contributed by atoms with Crippen LogP contribution in [0.5, 0.6) is 5.88 Å². The minimum atomic E-state index is -0.610. The summed E-state index contributed by atoms with van der Waals surface area (Å²) in [5.74, 6) is -0.721. The number of aromatic nitrogens is 2. The van der Waals surface area contributed by atoms with E-state index in [-0.39, 0.29) is 17.3 Å². The molecule has 2 rings (SSSR count). The Bertz CT molecular complexity index is 331. The summed E-state index contributed by atoms with van der Waals surface area (Å²) >= 11 is 5.50. The number of ether oxygens (including phenoxy) is 2. The van der Waals surface area contributed by atoms with Gasteiger partial charge in [-0.15, -0.1) is 0 Å². The Morgan fingerprint density at radius 1 is 1.64 bits per heavy atom. The van der Waals surface area contributed by atoms with Crippen molar-refractivity contribution in [3.05, 3.63) is 17.3 Å². The summed E-state index contributed by atoms with van der Waals surface area (Å²) in [6.07, 6.45) is 1.58. The molecule has 1 unspecified atom stereocenters. The lowest BCUT2D eigenvalue weighted by molar-refractivity contribution is 0.134. The maximum Gasteiger partial charge on any atom is 0.255 e. The molecule has 1 atom stereocenters. The summed E-state index contributed by atoms with van der Waals surface area (Å²) in [4.78, 5) is 7.12. The van der Waals surface area contributed by atoms with E-state index in [1.807, 2.05) is 0 Å². The van der Waals surface area contributed by atoms with E-state index >= 15 is 0 Å². The number of hydrogen-bond acceptors (Lipinski definition) is 4. The van der Waals surface area contributed by atoms with Crippen LogP contribution in [-0.2, 0) is 4.74 Å². The highest BCUT2D eigenvalue weighted by molar-refractivity contribution is 6.28. The molecule has 1 saturated heterocycles. The van der Waals surface area contributed by atoms with Crippen LogP contribution in [0.1, 0.15) is 6.42 Å². The molecule has 2 heterocycles. The Balaban J connectivity index is 2.10. The highest BCUT2D eigenvalue weighted by Gasteiger charge is 2.19. The van der Waals surface area contributed by atoms with E-state index in [1.165, 1.54) is 0 Å². The van der Waals surface area contributed by atoms with Crippen LogP contribution in [0, 0.1) is 5.82 Å². The third-order valence-corrected chi connectivity index (χ3v) is 2.03. The molecule has 0 aliphatic carbocycles. The summed E-state index contributed by atoms with van der Waals surface area (Å²) < 4.78 is 23.4. The topological polar surface area (TPSA) is 44.2 Å². The van der Waals surface area contributed by atoms with Crippen LogP contribution in [0.15, 0.2) is 6.20 Å². The van der Waals surface area contributed by atoms with Gasteiger partial charge in [0.15, 0.2) is 0 Å². The maximum absolute atomic E-state index is 13.1. The molecule has 1 aliphatic rings. The average Bonchev–Trinajstić information content (AvgIpc) is 2.64. The monoisotopic (exact) mass is 218 g/mol. The summed E-state index contributed by atoms with van der Waals surface area (Å²) in [5.41, 5.74) is 0. The molecule has 1 aromatic rings. The number of nitrogens with zero attached hydrogens (tertiary/aromatic N) is 2. The first-order chi connectivity index (χ1) is 6.75. The molecule has 0 N–H and O–H groups in total. The molecule has 0 amide bonds. The molecule has 76 valence electrons. The second-order valence-corrected chi connectivity index (χ2v) is 3.23. The summed E-state index contributed by atoms with van der Waals surface area (Å²) in [6, 6.07) is 0. The zero-order valence-electron chi connectivity index (χ0n) is 7.24. The van der Waals surface area contributed by atoms with Crippen LogP contribution in [0.2, 0.25) is 5.28 Å². The molecule has 6 heteroatoms. The molecule has 1 aromatic heterocycles. The van der Waals surface area contributed by atoms with Crippen molar-refractivity contribution in [3.8, 4) is 5.88 Å². The third-order valence-electron chi connectivity index (χ3n) is 1.85. The second-order valence-electron chi connectivity index (χ2n) is 2.90. The van der Waals surface area contributed by atoms with Crippen LogP contribution >= 0.6 is 11.6 Å². The van der Waals surface area contributed by atoms with Gasteiger partial charge in [0.2, 0.25) is 11.1 Å². The highest BCUT2D eigenvalue weighted by Crippen LogP contribution is 2.18. The van der Waals surface area contributed by atoms with Crippen LogP contribution in [-0.4, -0.2) is 29.3 Å². The Kier molecular flexibility index (Phi) is 2.79. The molecule has 0 aromatic carbocycles. The Labute approximate surface area is 85.0 Å². The first kappa shape index (κ1) is 9.61. The van der Waals surface area contributed by atoms with Gasteiger partial charge in [-0.1, -0.05) is 0 Å². The van der Waals surface area contributed by atoms with Crippen molar-refractivity contribution in [1.29, 1.82) is 0 Å². The number of halogens is 2. The second kappa shape index (κ2) is 4.06. The molecule has 14 heavy (non-hydrogen) atoms. The van der Waals surface area contributed by atoms with Gasteiger partial charge in [-0.2, -0.15) is 9.37 Å². The smallest absolute Gasteiger partial charge is 0.255 e. The predicted octanol–water partition coefficient (Wildman–Crippen LogP) is 1.44. The molecular weight excluding hydrogens is 211 g/mol. The number of rotatable bonds is 2. The zero-order chi connectivity index (χ0) is 9.97. The summed E-state index contributed by atoms with van der Waals surface area (Å²) in [5, 5.41) is -0.0275. The predicted molar refractivity (Wildman–Crippen MR) is 46.9 cm³/mol. The molecule has 1 fully saturated rings. The van der Waals surface area contributed by atoms with Gasteiger partial charge < -0.3 is 9.47 Å². The SMILES string of the molecule is Fc1cnc(Cl)nc1OC1CCOC1. The van der Waals surface area contributed by atoms with E-state index in [1.54, 1.807) is 0 Å². The van der Waals surface area contributed by atoms with Gasteiger partial charge >= 0.3 is 0 Å². The molecular formula is C8H8ClFN2O2. The summed E-state index contributed by atoms with van der Waals surface area (Å²) in [6.45, 7) is 1.09. The largest absolute Gasteiger partial charge is 0.470 e. The fourth-order valence-corrected chi connectivity index (χ4v) is 1.30.